The molecule has 12 heavy (non-hydrogen) atoms. The van der Waals surface area contributed by atoms with E-state index in [-0.39, 0.29) is 0 Å². The van der Waals surface area contributed by atoms with Gasteiger partial charge < -0.3 is 0 Å². The molecule has 0 saturated carbocycles. The van der Waals surface area contributed by atoms with Crippen molar-refractivity contribution in [2.75, 3.05) is 0 Å². The van der Waals surface area contributed by atoms with E-state index in [4.69, 9.17) is 0 Å². The van der Waals surface area contributed by atoms with Crippen LogP contribution in [-0.2, 0) is 0 Å². The Kier molecular flexibility index (Phi) is 3.31. The van der Waals surface area contributed by atoms with Crippen LogP contribution in [0.25, 0.3) is 0 Å². The van der Waals surface area contributed by atoms with Crippen molar-refractivity contribution in [1.29, 1.82) is 0 Å². The van der Waals surface area contributed by atoms with E-state index in [1.54, 1.807) is 0 Å². The Balaban J connectivity index is 2.50. The molecule has 0 aromatic heterocycles. The third kappa shape index (κ3) is 2.08. The van der Waals surface area contributed by atoms with Gasteiger partial charge in [0.05, 0.1) is 0 Å². The average Bonchev–Trinajstić information content (AvgIpc) is 2.30. The van der Waals surface area contributed by atoms with Gasteiger partial charge in [0.15, 0.2) is 0 Å². The lowest BCUT2D eigenvalue weighted by Crippen LogP contribution is -2.11. The summed E-state index contributed by atoms with van der Waals surface area (Å²) in [4.78, 5) is 0. The monoisotopic (exact) mass is 164 g/mol. The van der Waals surface area contributed by atoms with E-state index in [1.807, 2.05) is 0 Å². The molecule has 1 rings (SSSR count). The Bertz CT molecular complexity index is 143. The third-order valence-corrected chi connectivity index (χ3v) is 3.78. The first-order valence-corrected chi connectivity index (χ1v) is 5.52. The molecule has 2 unspecified atom stereocenters. The molecule has 1 aliphatic rings. The van der Waals surface area contributed by atoms with Crippen LogP contribution in [-0.4, -0.2) is 15.1 Å². The van der Waals surface area contributed by atoms with Crippen LogP contribution in [0.15, 0.2) is 0 Å². The van der Waals surface area contributed by atoms with Crippen LogP contribution in [0, 0.1) is 11.8 Å². The molecule has 0 aromatic carbocycles. The first-order chi connectivity index (χ1) is 5.52. The van der Waals surface area contributed by atoms with Crippen LogP contribution >= 0.6 is 0 Å². The van der Waals surface area contributed by atoms with Gasteiger partial charge in [0.1, 0.15) is 15.1 Å². The van der Waals surface area contributed by atoms with Crippen molar-refractivity contribution in [2.24, 2.45) is 11.8 Å². The molecule has 0 aliphatic carbocycles. The smallest absolute Gasteiger partial charge is 0.0737 e. The minimum absolute atomic E-state index is 0.892. The molecule has 0 radical (unpaired) electrons. The van der Waals surface area contributed by atoms with Crippen LogP contribution in [0.3, 0.4) is 0 Å². The largest absolute Gasteiger partial charge is 0.127 e. The van der Waals surface area contributed by atoms with Gasteiger partial charge in [-0.25, -0.2) is 0 Å². The van der Waals surface area contributed by atoms with Gasteiger partial charge in [-0.1, -0.05) is 63.4 Å². The quantitative estimate of drug-likeness (QED) is 0.548. The molecule has 0 aromatic rings. The molecule has 0 bridgehead atoms. The highest BCUT2D eigenvalue weighted by Crippen LogP contribution is 2.47. The van der Waals surface area contributed by atoms with Crippen molar-refractivity contribution in [2.45, 2.75) is 51.6 Å². The van der Waals surface area contributed by atoms with Gasteiger partial charge in [-0.3, -0.25) is 0 Å². The van der Waals surface area contributed by atoms with E-state index in [2.05, 4.69) is 35.5 Å². The second-order valence-corrected chi connectivity index (χ2v) is 5.36. The first-order valence-electron chi connectivity index (χ1n) is 5.52. The van der Waals surface area contributed by atoms with Gasteiger partial charge >= 0.3 is 0 Å². The lowest BCUT2D eigenvalue weighted by Gasteiger charge is -2.18. The fraction of sp³-hybridized carbons (Fsp3) is 1.00. The molecule has 0 nitrogen and oxygen atoms in total. The lowest BCUT2D eigenvalue weighted by molar-refractivity contribution is 0.534. The summed E-state index contributed by atoms with van der Waals surface area (Å²) in [6.45, 7) is 9.51. The molecule has 3 atom stereocenters. The predicted molar refractivity (Wildman–Crippen MR) is 61.2 cm³/mol. The molecular weight excluding hydrogens is 142 g/mol. The van der Waals surface area contributed by atoms with Crippen molar-refractivity contribution in [3.8, 4) is 0 Å². The second kappa shape index (κ2) is 3.89. The highest BCUT2D eigenvalue weighted by Gasteiger charge is 2.35. The third-order valence-electron chi connectivity index (χ3n) is 3.78. The maximum absolute atomic E-state index is 2.44. The number of hydrogen-bond donors (Lipinski definition) is 0. The van der Waals surface area contributed by atoms with Crippen LogP contribution < -0.4 is 0 Å². The normalized spacial score (nSPS) is 36.0. The zero-order valence-corrected chi connectivity index (χ0v) is 9.30. The van der Waals surface area contributed by atoms with Crippen LogP contribution in [0.2, 0.25) is 17.5 Å². The summed E-state index contributed by atoms with van der Waals surface area (Å²) >= 11 is 0. The first kappa shape index (κ1) is 10.2. The predicted octanol–water partition coefficient (Wildman–Crippen LogP) is 2.14. The van der Waals surface area contributed by atoms with E-state index in [1.165, 1.54) is 13.7 Å². The van der Waals surface area contributed by atoms with Crippen molar-refractivity contribution in [3.05, 3.63) is 0 Å². The Labute approximate surface area is 79.2 Å². The van der Waals surface area contributed by atoms with Crippen LogP contribution in [0.5, 0.6) is 0 Å². The molecule has 68 valence electrons. The summed E-state index contributed by atoms with van der Waals surface area (Å²) in [7, 11) is 3.92. The van der Waals surface area contributed by atoms with Gasteiger partial charge in [-0.15, -0.1) is 0 Å². The minimum Gasteiger partial charge on any atom is -0.0737 e. The average molecular weight is 164 g/mol. The van der Waals surface area contributed by atoms with Crippen molar-refractivity contribution < 1.29 is 0 Å². The maximum Gasteiger partial charge on any atom is 0.127 e. The molecule has 2 heteroatoms. The van der Waals surface area contributed by atoms with Gasteiger partial charge in [0.25, 0.3) is 0 Å². The summed E-state index contributed by atoms with van der Waals surface area (Å²) in [5.74, 6) is 4.77. The van der Waals surface area contributed by atoms with Crippen molar-refractivity contribution in [3.63, 3.8) is 0 Å². The topological polar surface area (TPSA) is 0 Å². The minimum atomic E-state index is 0.892. The Morgan fingerprint density at radius 1 is 1.17 bits per heavy atom. The van der Waals surface area contributed by atoms with Gasteiger partial charge in [0.2, 0.25) is 0 Å². The number of hydrogen-bond acceptors (Lipinski definition) is 0. The van der Waals surface area contributed by atoms with E-state index >= 15 is 0 Å². The van der Waals surface area contributed by atoms with Crippen molar-refractivity contribution in [1.82, 2.24) is 0 Å². The SMILES string of the molecule is B[C@H]1CC(C(C)C)BC1C(C)C. The van der Waals surface area contributed by atoms with Gasteiger partial charge in [-0.05, 0) is 0 Å². The maximum atomic E-state index is 2.44. The zero-order valence-electron chi connectivity index (χ0n) is 9.30. The second-order valence-electron chi connectivity index (χ2n) is 5.36. The van der Waals surface area contributed by atoms with Crippen LogP contribution in [0.1, 0.15) is 34.1 Å². The van der Waals surface area contributed by atoms with E-state index in [9.17, 15) is 0 Å². The Hall–Kier alpha value is 0.130. The van der Waals surface area contributed by atoms with E-state index < -0.39 is 0 Å². The molecule has 0 spiro atoms. The lowest BCUT2D eigenvalue weighted by atomic mass is 9.52. The summed E-state index contributed by atoms with van der Waals surface area (Å²) < 4.78 is 0. The standard InChI is InChI=1S/C10H22B2/c1-6(2)9-5-8(11)10(12-9)7(3)4/h6-10,12H,5,11H2,1-4H3/t8-,9?,10?/m0/s1. The van der Waals surface area contributed by atoms with Crippen LogP contribution in [0.4, 0.5) is 0 Å². The molecule has 1 saturated heterocycles. The fourth-order valence-electron chi connectivity index (χ4n) is 2.80. The zero-order chi connectivity index (χ0) is 9.30. The molecule has 1 fully saturated rings. The molecular formula is C10H22B2. The molecule has 0 N–H and O–H groups in total. The van der Waals surface area contributed by atoms with E-state index in [0.717, 1.165) is 29.3 Å². The van der Waals surface area contributed by atoms with Crippen molar-refractivity contribution >= 4 is 15.1 Å². The summed E-state index contributed by atoms with van der Waals surface area (Å²) in [5.41, 5.74) is 0. The Morgan fingerprint density at radius 3 is 2.00 bits per heavy atom. The Morgan fingerprint density at radius 2 is 1.75 bits per heavy atom. The summed E-state index contributed by atoms with van der Waals surface area (Å²) in [6.07, 6.45) is 1.47. The number of rotatable bonds is 2. The molecule has 1 heterocycles. The van der Waals surface area contributed by atoms with Gasteiger partial charge in [-0.2, -0.15) is 0 Å². The highest BCUT2D eigenvalue weighted by molar-refractivity contribution is 6.44. The fourth-order valence-corrected chi connectivity index (χ4v) is 2.80. The molecule has 0 amide bonds. The molecule has 1 aliphatic heterocycles. The van der Waals surface area contributed by atoms with Gasteiger partial charge in [0, 0.05) is 0 Å². The van der Waals surface area contributed by atoms with E-state index in [0.29, 0.717) is 0 Å². The summed E-state index contributed by atoms with van der Waals surface area (Å²) in [6, 6.07) is 0. The highest BCUT2D eigenvalue weighted by atomic mass is 14.3. The summed E-state index contributed by atoms with van der Waals surface area (Å²) in [5, 5.41) is 0.